The number of carboxylic acids is 1. The van der Waals surface area contributed by atoms with Crippen molar-refractivity contribution in [3.8, 4) is 0 Å². The average Bonchev–Trinajstić information content (AvgIpc) is 3.17. The van der Waals surface area contributed by atoms with Gasteiger partial charge in [0.05, 0.1) is 19.8 Å². The van der Waals surface area contributed by atoms with E-state index < -0.39 is 211 Å². The Hall–Kier alpha value is -1.87. The number of aliphatic hydroxyl groups excluding tert-OH is 7. The summed E-state index contributed by atoms with van der Waals surface area (Å²) >= 11 is 0. The van der Waals surface area contributed by atoms with Crippen LogP contribution in [0.5, 0.6) is 0 Å². The molecule has 4 saturated heterocycles. The molecular formula is C24H42N2O38S6. The Labute approximate surface area is 392 Å². The predicted molar refractivity (Wildman–Crippen MR) is 201 cm³/mol. The van der Waals surface area contributed by atoms with Crippen LogP contribution in [0.3, 0.4) is 0 Å². The van der Waals surface area contributed by atoms with Crippen molar-refractivity contribution in [2.45, 2.75) is 123 Å². The van der Waals surface area contributed by atoms with Crippen LogP contribution in [0.15, 0.2) is 0 Å². The first-order valence-corrected chi connectivity index (χ1v) is 26.6. The van der Waals surface area contributed by atoms with Crippen LogP contribution in [0.1, 0.15) is 0 Å². The summed E-state index contributed by atoms with van der Waals surface area (Å²) in [4.78, 5) is 12.6. The highest BCUT2D eigenvalue weighted by atomic mass is 32.3. The third-order valence-corrected chi connectivity index (χ3v) is 12.6. The van der Waals surface area contributed by atoms with E-state index >= 15 is 0 Å². The maximum absolute atomic E-state index is 12.6. The molecule has 0 bridgehead atoms. The predicted octanol–water partition coefficient (Wildman–Crippen LogP) is -11.5. The minimum atomic E-state index is -6.11. The summed E-state index contributed by atoms with van der Waals surface area (Å²) in [5.41, 5.74) is 0. The molecule has 1 unspecified atom stereocenters. The van der Waals surface area contributed by atoms with Crippen LogP contribution in [0, 0.1) is 0 Å². The van der Waals surface area contributed by atoms with E-state index in [1.807, 2.05) is 0 Å². The third kappa shape index (κ3) is 17.1. The van der Waals surface area contributed by atoms with Gasteiger partial charge in [0, 0.05) is 0 Å². The lowest BCUT2D eigenvalue weighted by atomic mass is 9.94. The van der Waals surface area contributed by atoms with Crippen molar-refractivity contribution in [2.24, 2.45) is 0 Å². The van der Waals surface area contributed by atoms with Gasteiger partial charge in [-0.15, -0.1) is 0 Å². The minimum Gasteiger partial charge on any atom is -0.479 e. The van der Waals surface area contributed by atoms with Crippen LogP contribution >= 0.6 is 0 Å². The van der Waals surface area contributed by atoms with Gasteiger partial charge in [0.25, 0.3) is 0 Å². The van der Waals surface area contributed by atoms with Crippen molar-refractivity contribution >= 4 is 68.2 Å². The van der Waals surface area contributed by atoms with Gasteiger partial charge >= 0.3 is 68.2 Å². The van der Waals surface area contributed by atoms with Gasteiger partial charge in [0.1, 0.15) is 85.3 Å². The summed E-state index contributed by atoms with van der Waals surface area (Å²) in [6.07, 6.45) is -47.9. The second-order valence-corrected chi connectivity index (χ2v) is 21.1. The van der Waals surface area contributed by atoms with Crippen LogP contribution in [0.25, 0.3) is 0 Å². The largest absolute Gasteiger partial charge is 0.479 e. The van der Waals surface area contributed by atoms with Crippen LogP contribution in [0.2, 0.25) is 0 Å². The number of ether oxygens (including phenoxy) is 7. The molecule has 0 aromatic carbocycles. The van der Waals surface area contributed by atoms with E-state index in [9.17, 15) is 114 Å². The molecule has 4 aliphatic heterocycles. The number of hydrogen-bond donors (Lipinski definition) is 16. The minimum absolute atomic E-state index is 1.23. The van der Waals surface area contributed by atoms with E-state index in [-0.39, 0.29) is 0 Å². The number of rotatable bonds is 22. The molecule has 0 aromatic heterocycles. The van der Waals surface area contributed by atoms with Gasteiger partial charge in [0.15, 0.2) is 37.4 Å². The molecule has 0 saturated carbocycles. The molecule has 412 valence electrons. The van der Waals surface area contributed by atoms with Gasteiger partial charge < -0.3 is 74.0 Å². The Balaban J connectivity index is 1.79. The smallest absolute Gasteiger partial charge is 0.397 e. The van der Waals surface area contributed by atoms with E-state index in [4.69, 9.17) is 42.3 Å². The lowest BCUT2D eigenvalue weighted by Crippen LogP contribution is -2.71. The van der Waals surface area contributed by atoms with Crippen molar-refractivity contribution < 1.29 is 173 Å². The topological polar surface area (TPSA) is 631 Å². The molecule has 0 amide bonds. The fourth-order valence-corrected chi connectivity index (χ4v) is 9.69. The Morgan fingerprint density at radius 2 is 0.914 bits per heavy atom. The molecule has 70 heavy (non-hydrogen) atoms. The first-order chi connectivity index (χ1) is 31.7. The standard InChI is InChI=1S/C24H42N2O38S6/c27-1-4-14(13(32)18(21(35)56-4)64-70(51,52)53)59-23-8(26-66(39,40)41)16(63-69(48,49)50)15(6(58-23)3-55-68(45,46)47)60-24-12(31)11(30)17(19(62-24)20(33)34)61-22-7(25-65(36,37)38)10(29)9(28)5(57-22)2-54-67(42,43)44/h4-19,21-32,35H,1-3H2,(H,33,34)(H,36,37,38)(H,39,40,41)(H,42,43,44)(H,45,46,47)(H,48,49,50)(H,51,52,53)/t4-,5+,6+,7+,8+,9+,10-,11+,12+,13-,14+,15+,16-,17+,18+,19-,21?,22+,23+,24+/m0/s1. The number of hydrogen-bond acceptors (Lipinski definition) is 31. The van der Waals surface area contributed by atoms with E-state index in [0.717, 1.165) is 0 Å². The number of carboxylic acid groups (broad SMARTS) is 1. The van der Waals surface area contributed by atoms with Gasteiger partial charge in [-0.3, -0.25) is 27.3 Å². The van der Waals surface area contributed by atoms with E-state index in [1.54, 1.807) is 0 Å². The molecular weight excluding hydrogens is 1120 g/mol. The van der Waals surface area contributed by atoms with Gasteiger partial charge in [-0.25, -0.2) is 21.5 Å². The normalized spacial score (nSPS) is 39.6. The quantitative estimate of drug-likeness (QED) is 0.0448. The zero-order valence-corrected chi connectivity index (χ0v) is 38.6. The van der Waals surface area contributed by atoms with Crippen molar-refractivity contribution in [1.29, 1.82) is 0 Å². The average molecular weight is 1160 g/mol. The van der Waals surface area contributed by atoms with Crippen LogP contribution in [0.4, 0.5) is 0 Å². The molecule has 4 heterocycles. The molecule has 4 aliphatic rings. The zero-order valence-electron chi connectivity index (χ0n) is 33.7. The maximum atomic E-state index is 12.6. The monoisotopic (exact) mass is 1160 g/mol. The molecule has 4 rings (SSSR count). The first-order valence-electron chi connectivity index (χ1n) is 18.2. The molecule has 20 atom stereocenters. The summed E-state index contributed by atoms with van der Waals surface area (Å²) in [5.74, 6) is -2.30. The number of carbonyl (C=O) groups is 1. The Morgan fingerprint density at radius 1 is 0.457 bits per heavy atom. The van der Waals surface area contributed by atoms with Gasteiger partial charge in [-0.2, -0.15) is 60.0 Å². The molecule has 0 radical (unpaired) electrons. The first kappa shape index (κ1) is 60.7. The van der Waals surface area contributed by atoms with Crippen molar-refractivity contribution in [2.75, 3.05) is 19.8 Å². The van der Waals surface area contributed by atoms with Gasteiger partial charge in [0.2, 0.25) is 0 Å². The lowest BCUT2D eigenvalue weighted by Gasteiger charge is -2.50. The van der Waals surface area contributed by atoms with Crippen LogP contribution in [-0.2, 0) is 117 Å². The molecule has 0 aliphatic carbocycles. The molecule has 0 aromatic rings. The van der Waals surface area contributed by atoms with E-state index in [0.29, 0.717) is 0 Å². The molecule has 46 heteroatoms. The Kier molecular flexibility index (Phi) is 19.9. The van der Waals surface area contributed by atoms with Crippen LogP contribution < -0.4 is 9.44 Å². The second kappa shape index (κ2) is 22.9. The summed E-state index contributed by atoms with van der Waals surface area (Å²) in [7, 11) is -34.1. The van der Waals surface area contributed by atoms with E-state index in [1.165, 1.54) is 9.44 Å². The zero-order chi connectivity index (χ0) is 53.4. The fourth-order valence-electron chi connectivity index (χ4n) is 6.89. The van der Waals surface area contributed by atoms with Gasteiger partial charge in [-0.1, -0.05) is 0 Å². The maximum Gasteiger partial charge on any atom is 0.397 e. The SMILES string of the molecule is O=C(O)[C@H]1O[C@@H](O[C@H]2[C@@H](OS(=O)(=O)O)[C@@H](NS(=O)(=O)O)[C@@H](O[C@H]3[C@H](O)[C@@H](OS(=O)(=O)O)C(O)O[C@H]3CO)O[C@@H]2COS(=O)(=O)O)[C@H](O)[C@@H](O)[C@H]1O[C@H]1O[C@H](COS(=O)(=O)O)[C@@H](O)[C@@H](O)[C@H]1NS(=O)(=O)O. The number of aliphatic hydroxyl groups is 7. The highest BCUT2D eigenvalue weighted by molar-refractivity contribution is 7.84. The molecule has 0 spiro atoms. The Morgan fingerprint density at radius 3 is 1.40 bits per heavy atom. The summed E-state index contributed by atoms with van der Waals surface area (Å²) in [5, 5.41) is 84.7. The second-order valence-electron chi connectivity index (χ2n) is 14.5. The summed E-state index contributed by atoms with van der Waals surface area (Å²) in [6, 6.07) is -5.39. The molecule has 16 N–H and O–H groups in total. The van der Waals surface area contributed by atoms with Crippen molar-refractivity contribution in [1.82, 2.24) is 9.44 Å². The number of nitrogens with one attached hydrogen (secondary N) is 2. The molecule has 40 nitrogen and oxygen atoms in total. The Bertz CT molecular complexity index is 2490. The van der Waals surface area contributed by atoms with Crippen molar-refractivity contribution in [3.05, 3.63) is 0 Å². The summed E-state index contributed by atoms with van der Waals surface area (Å²) in [6.45, 7) is -4.57. The molecule has 4 fully saturated rings. The third-order valence-electron chi connectivity index (χ3n) is 9.62. The highest BCUT2D eigenvalue weighted by Crippen LogP contribution is 2.37. The highest BCUT2D eigenvalue weighted by Gasteiger charge is 2.59. The van der Waals surface area contributed by atoms with Crippen LogP contribution in [-0.4, -0.2) is 267 Å². The van der Waals surface area contributed by atoms with E-state index in [2.05, 4.69) is 16.7 Å². The lowest BCUT2D eigenvalue weighted by molar-refractivity contribution is -0.369. The summed E-state index contributed by atoms with van der Waals surface area (Å²) < 4.78 is 254. The van der Waals surface area contributed by atoms with Crippen molar-refractivity contribution in [3.63, 3.8) is 0 Å². The fraction of sp³-hybridized carbons (Fsp3) is 0.958. The van der Waals surface area contributed by atoms with Gasteiger partial charge in [-0.05, 0) is 0 Å². The number of aliphatic carboxylic acids is 1.